The normalized spacial score (nSPS) is 13.3. The molecule has 3 atom stereocenters. The summed E-state index contributed by atoms with van der Waals surface area (Å²) in [6.07, 6.45) is 78.5. The van der Waals surface area contributed by atoms with E-state index in [1.807, 2.05) is 6.08 Å². The van der Waals surface area contributed by atoms with Crippen molar-refractivity contribution in [3.05, 3.63) is 24.3 Å². The number of carbonyl (C=O) groups excluding carboxylic acids is 1. The smallest absolute Gasteiger partial charge is 0.222 e. The van der Waals surface area contributed by atoms with E-state index in [9.17, 15) is 20.1 Å². The number of aliphatic hydroxyl groups is 3. The minimum absolute atomic E-state index is 0.0105. The van der Waals surface area contributed by atoms with Gasteiger partial charge in [-0.05, 0) is 32.1 Å². The lowest BCUT2D eigenvalue weighted by molar-refractivity contribution is -0.124. The first-order valence-electron chi connectivity index (χ1n) is 32.1. The van der Waals surface area contributed by atoms with E-state index in [-0.39, 0.29) is 18.9 Å². The minimum Gasteiger partial charge on any atom is -0.394 e. The summed E-state index contributed by atoms with van der Waals surface area (Å²) in [5.74, 6) is -0.318. The van der Waals surface area contributed by atoms with Crippen molar-refractivity contribution in [3.8, 4) is 0 Å². The van der Waals surface area contributed by atoms with Gasteiger partial charge in [-0.3, -0.25) is 4.79 Å². The zero-order chi connectivity index (χ0) is 50.7. The maximum absolute atomic E-state index is 12.5. The summed E-state index contributed by atoms with van der Waals surface area (Å²) in [4.78, 5) is 12.5. The van der Waals surface area contributed by atoms with E-state index in [0.717, 1.165) is 32.1 Å². The van der Waals surface area contributed by atoms with Crippen molar-refractivity contribution in [2.45, 2.75) is 379 Å². The van der Waals surface area contributed by atoms with Crippen LogP contribution in [0.1, 0.15) is 361 Å². The van der Waals surface area contributed by atoms with E-state index < -0.39 is 18.2 Å². The Morgan fingerprint density at radius 2 is 0.614 bits per heavy atom. The molecule has 0 heterocycles. The Kier molecular flexibility index (Phi) is 59.4. The van der Waals surface area contributed by atoms with E-state index in [2.05, 4.69) is 31.3 Å². The van der Waals surface area contributed by atoms with Gasteiger partial charge in [-0.2, -0.15) is 0 Å². The van der Waals surface area contributed by atoms with E-state index in [1.54, 1.807) is 6.08 Å². The van der Waals surface area contributed by atoms with Crippen LogP contribution in [0.25, 0.3) is 0 Å². The average molecular weight is 987 g/mol. The summed E-state index contributed by atoms with van der Waals surface area (Å²) >= 11 is 0. The predicted octanol–water partition coefficient (Wildman–Crippen LogP) is 20.4. The number of hydrogen-bond donors (Lipinski definition) is 4. The first-order chi connectivity index (χ1) is 34.5. The largest absolute Gasteiger partial charge is 0.394 e. The lowest BCUT2D eigenvalue weighted by Crippen LogP contribution is -2.45. The molecule has 0 rings (SSSR count). The molecule has 0 aliphatic rings. The fourth-order valence-corrected chi connectivity index (χ4v) is 10.4. The Morgan fingerprint density at radius 3 is 0.914 bits per heavy atom. The van der Waals surface area contributed by atoms with Crippen LogP contribution in [0.4, 0.5) is 0 Å². The Balaban J connectivity index is 3.45. The van der Waals surface area contributed by atoms with Crippen molar-refractivity contribution in [3.63, 3.8) is 0 Å². The second-order valence-corrected chi connectivity index (χ2v) is 22.4. The lowest BCUT2D eigenvalue weighted by atomic mass is 10.0. The van der Waals surface area contributed by atoms with Gasteiger partial charge in [-0.15, -0.1) is 0 Å². The zero-order valence-corrected chi connectivity index (χ0v) is 47.7. The standard InChI is InChI=1S/C65H127NO4/c1-3-5-7-9-11-13-15-17-19-21-23-24-25-26-27-28-29-30-31-32-33-34-35-36-37-38-39-40-41-42-44-46-48-50-52-54-56-58-62(68)60-65(70)66-63(61-67)64(69)59-57-55-53-51-49-47-45-43-22-20-18-16-14-12-10-8-6-4-2/h49,51,57,59,62-64,67-69H,3-48,50,52-56,58,60-61H2,1-2H3,(H,66,70)/b51-49+,59-57+. The molecule has 0 saturated heterocycles. The highest BCUT2D eigenvalue weighted by Crippen LogP contribution is 2.19. The molecule has 0 fully saturated rings. The van der Waals surface area contributed by atoms with Gasteiger partial charge in [0.25, 0.3) is 0 Å². The van der Waals surface area contributed by atoms with E-state index in [1.165, 1.54) is 302 Å². The fourth-order valence-electron chi connectivity index (χ4n) is 10.4. The van der Waals surface area contributed by atoms with Gasteiger partial charge in [0, 0.05) is 0 Å². The molecular weight excluding hydrogens is 859 g/mol. The van der Waals surface area contributed by atoms with Crippen molar-refractivity contribution in [1.29, 1.82) is 0 Å². The first kappa shape index (κ1) is 68.8. The van der Waals surface area contributed by atoms with Gasteiger partial charge in [0.1, 0.15) is 0 Å². The first-order valence-corrected chi connectivity index (χ1v) is 32.1. The van der Waals surface area contributed by atoms with Gasteiger partial charge in [0.05, 0.1) is 31.3 Å². The summed E-state index contributed by atoms with van der Waals surface area (Å²) in [6.45, 7) is 4.24. The van der Waals surface area contributed by atoms with Crippen LogP contribution in [0, 0.1) is 0 Å². The lowest BCUT2D eigenvalue weighted by Gasteiger charge is -2.21. The third-order valence-electron chi connectivity index (χ3n) is 15.2. The monoisotopic (exact) mass is 986 g/mol. The van der Waals surface area contributed by atoms with Crippen LogP contribution in [-0.4, -0.2) is 46.1 Å². The number of unbranched alkanes of at least 4 members (excludes halogenated alkanes) is 49. The van der Waals surface area contributed by atoms with Crippen LogP contribution in [0.3, 0.4) is 0 Å². The maximum Gasteiger partial charge on any atom is 0.222 e. The second kappa shape index (κ2) is 60.4. The number of amides is 1. The maximum atomic E-state index is 12.5. The van der Waals surface area contributed by atoms with Gasteiger partial charge in [-0.25, -0.2) is 0 Å². The summed E-state index contributed by atoms with van der Waals surface area (Å²) in [6, 6.07) is -0.759. The van der Waals surface area contributed by atoms with Crippen LogP contribution in [0.15, 0.2) is 24.3 Å². The van der Waals surface area contributed by atoms with Gasteiger partial charge < -0.3 is 20.6 Å². The van der Waals surface area contributed by atoms with E-state index in [4.69, 9.17) is 0 Å². The van der Waals surface area contributed by atoms with Crippen molar-refractivity contribution in [2.24, 2.45) is 0 Å². The summed E-state index contributed by atoms with van der Waals surface area (Å²) in [5.41, 5.74) is 0. The molecule has 416 valence electrons. The molecule has 0 aromatic heterocycles. The topological polar surface area (TPSA) is 89.8 Å². The molecule has 0 aliphatic carbocycles. The molecule has 70 heavy (non-hydrogen) atoms. The molecule has 0 aromatic carbocycles. The highest BCUT2D eigenvalue weighted by molar-refractivity contribution is 5.76. The molecule has 5 heteroatoms. The van der Waals surface area contributed by atoms with Crippen molar-refractivity contribution >= 4 is 5.91 Å². The molecule has 0 saturated carbocycles. The SMILES string of the molecule is CCCCCCCCCCCCCC/C=C/CC/C=C/C(O)C(CO)NC(=O)CC(O)CCCCCCCCCCCCCCCCCCCCCCCCCCCCCCCCCCCCCCC. The minimum atomic E-state index is -0.950. The number of hydrogen-bond acceptors (Lipinski definition) is 4. The third kappa shape index (κ3) is 56.1. The summed E-state index contributed by atoms with van der Waals surface area (Å²) < 4.78 is 0. The van der Waals surface area contributed by atoms with E-state index >= 15 is 0 Å². The third-order valence-corrected chi connectivity index (χ3v) is 15.2. The molecule has 4 N–H and O–H groups in total. The fraction of sp³-hybridized carbons (Fsp3) is 0.923. The highest BCUT2D eigenvalue weighted by Gasteiger charge is 2.20. The van der Waals surface area contributed by atoms with Crippen LogP contribution in [-0.2, 0) is 4.79 Å². The van der Waals surface area contributed by atoms with E-state index in [0.29, 0.717) is 6.42 Å². The Bertz CT molecular complexity index is 1040. The Hall–Kier alpha value is -1.17. The van der Waals surface area contributed by atoms with Gasteiger partial charge in [0.2, 0.25) is 5.91 Å². The number of nitrogens with one attached hydrogen (secondary N) is 1. The Labute approximate surface area is 439 Å². The van der Waals surface area contributed by atoms with Gasteiger partial charge in [0.15, 0.2) is 0 Å². The summed E-state index contributed by atoms with van der Waals surface area (Å²) in [5, 5.41) is 33.5. The predicted molar refractivity (Wildman–Crippen MR) is 310 cm³/mol. The summed E-state index contributed by atoms with van der Waals surface area (Å²) in [7, 11) is 0. The van der Waals surface area contributed by atoms with Crippen LogP contribution < -0.4 is 5.32 Å². The van der Waals surface area contributed by atoms with Crippen molar-refractivity contribution in [1.82, 2.24) is 5.32 Å². The van der Waals surface area contributed by atoms with Crippen LogP contribution in [0.2, 0.25) is 0 Å². The van der Waals surface area contributed by atoms with Crippen LogP contribution >= 0.6 is 0 Å². The van der Waals surface area contributed by atoms with Crippen molar-refractivity contribution in [2.75, 3.05) is 6.61 Å². The molecule has 3 unspecified atom stereocenters. The van der Waals surface area contributed by atoms with Crippen LogP contribution in [0.5, 0.6) is 0 Å². The molecule has 0 aromatic rings. The molecule has 5 nitrogen and oxygen atoms in total. The van der Waals surface area contributed by atoms with Gasteiger partial charge in [-0.1, -0.05) is 346 Å². The molecule has 0 radical (unpaired) electrons. The Morgan fingerprint density at radius 1 is 0.357 bits per heavy atom. The number of aliphatic hydroxyl groups excluding tert-OH is 3. The number of rotatable bonds is 60. The molecule has 0 spiro atoms. The zero-order valence-electron chi connectivity index (χ0n) is 47.7. The molecule has 1 amide bonds. The van der Waals surface area contributed by atoms with Gasteiger partial charge >= 0.3 is 0 Å². The molecular formula is C65H127NO4. The van der Waals surface area contributed by atoms with Crippen molar-refractivity contribution < 1.29 is 20.1 Å². The molecule has 0 bridgehead atoms. The second-order valence-electron chi connectivity index (χ2n) is 22.4. The molecule has 0 aliphatic heterocycles. The number of allylic oxidation sites excluding steroid dienone is 3. The highest BCUT2D eigenvalue weighted by atomic mass is 16.3. The number of carbonyl (C=O) groups is 1. The quantitative estimate of drug-likeness (QED) is 0.0361. The average Bonchev–Trinajstić information content (AvgIpc) is 3.36.